The number of nitrogens with two attached hydrogens (primary N) is 1. The lowest BCUT2D eigenvalue weighted by Gasteiger charge is -2.10. The summed E-state index contributed by atoms with van der Waals surface area (Å²) in [5, 5.41) is 6.90. The molecule has 19 heavy (non-hydrogen) atoms. The van der Waals surface area contributed by atoms with Crippen molar-refractivity contribution < 1.29 is 4.79 Å². The second kappa shape index (κ2) is 5.44. The van der Waals surface area contributed by atoms with E-state index in [1.165, 1.54) is 6.20 Å². The SMILES string of the molecule is CCn1ncc(N)c1C(=O)Nc1cc(C)ccc1Br. The maximum absolute atomic E-state index is 12.3. The van der Waals surface area contributed by atoms with Gasteiger partial charge < -0.3 is 11.1 Å². The van der Waals surface area contributed by atoms with Gasteiger partial charge in [0.25, 0.3) is 5.91 Å². The number of benzene rings is 1. The van der Waals surface area contributed by atoms with Crippen LogP contribution in [0, 0.1) is 6.92 Å². The maximum atomic E-state index is 12.3. The Morgan fingerprint density at radius 3 is 2.95 bits per heavy atom. The Morgan fingerprint density at radius 1 is 1.53 bits per heavy atom. The highest BCUT2D eigenvalue weighted by Gasteiger charge is 2.17. The number of aromatic nitrogens is 2. The fraction of sp³-hybridized carbons (Fsp3) is 0.231. The predicted molar refractivity (Wildman–Crippen MR) is 79.1 cm³/mol. The van der Waals surface area contributed by atoms with Crippen molar-refractivity contribution in [1.82, 2.24) is 9.78 Å². The summed E-state index contributed by atoms with van der Waals surface area (Å²) in [7, 11) is 0. The van der Waals surface area contributed by atoms with Gasteiger partial charge >= 0.3 is 0 Å². The highest BCUT2D eigenvalue weighted by atomic mass is 79.9. The van der Waals surface area contributed by atoms with Crippen LogP contribution in [-0.2, 0) is 6.54 Å². The zero-order chi connectivity index (χ0) is 14.0. The minimum atomic E-state index is -0.261. The van der Waals surface area contributed by atoms with E-state index in [-0.39, 0.29) is 5.91 Å². The van der Waals surface area contributed by atoms with Crippen LogP contribution in [0.2, 0.25) is 0 Å². The number of aryl methyl sites for hydroxylation is 2. The first-order valence-electron chi connectivity index (χ1n) is 5.91. The molecule has 6 heteroatoms. The zero-order valence-electron chi connectivity index (χ0n) is 10.8. The van der Waals surface area contributed by atoms with Crippen molar-refractivity contribution in [1.29, 1.82) is 0 Å². The lowest BCUT2D eigenvalue weighted by molar-refractivity contribution is 0.101. The number of nitrogens with one attached hydrogen (secondary N) is 1. The number of nitrogen functional groups attached to an aromatic ring is 1. The van der Waals surface area contributed by atoms with Crippen LogP contribution < -0.4 is 11.1 Å². The van der Waals surface area contributed by atoms with Gasteiger partial charge in [0.05, 0.1) is 17.6 Å². The van der Waals surface area contributed by atoms with Crippen LogP contribution in [0.3, 0.4) is 0 Å². The Morgan fingerprint density at radius 2 is 2.26 bits per heavy atom. The van der Waals surface area contributed by atoms with Crippen LogP contribution in [0.5, 0.6) is 0 Å². The van der Waals surface area contributed by atoms with Gasteiger partial charge in [-0.3, -0.25) is 9.48 Å². The molecule has 0 aliphatic rings. The van der Waals surface area contributed by atoms with E-state index in [4.69, 9.17) is 5.73 Å². The Labute approximate surface area is 119 Å². The Bertz CT molecular complexity index is 621. The van der Waals surface area contributed by atoms with Crippen LogP contribution >= 0.6 is 15.9 Å². The van der Waals surface area contributed by atoms with Crippen molar-refractivity contribution in [3.63, 3.8) is 0 Å². The fourth-order valence-electron chi connectivity index (χ4n) is 1.80. The third-order valence-corrected chi connectivity index (χ3v) is 3.44. The molecule has 0 bridgehead atoms. The number of amides is 1. The predicted octanol–water partition coefficient (Wildman–Crippen LogP) is 2.81. The van der Waals surface area contributed by atoms with E-state index in [1.54, 1.807) is 4.68 Å². The summed E-state index contributed by atoms with van der Waals surface area (Å²) >= 11 is 3.41. The van der Waals surface area contributed by atoms with E-state index in [2.05, 4.69) is 26.3 Å². The smallest absolute Gasteiger partial charge is 0.276 e. The van der Waals surface area contributed by atoms with Gasteiger partial charge in [0, 0.05) is 11.0 Å². The Hall–Kier alpha value is -1.82. The third-order valence-electron chi connectivity index (χ3n) is 2.75. The summed E-state index contributed by atoms with van der Waals surface area (Å²) in [5.74, 6) is -0.261. The molecule has 5 nitrogen and oxygen atoms in total. The monoisotopic (exact) mass is 322 g/mol. The normalized spacial score (nSPS) is 10.5. The molecule has 100 valence electrons. The van der Waals surface area contributed by atoms with Gasteiger partial charge in [0.15, 0.2) is 0 Å². The van der Waals surface area contributed by atoms with E-state index in [1.807, 2.05) is 32.0 Å². The topological polar surface area (TPSA) is 72.9 Å². The van der Waals surface area contributed by atoms with Gasteiger partial charge in [-0.25, -0.2) is 0 Å². The van der Waals surface area contributed by atoms with Crippen molar-refractivity contribution in [2.45, 2.75) is 20.4 Å². The van der Waals surface area contributed by atoms with Crippen molar-refractivity contribution in [3.8, 4) is 0 Å². The highest BCUT2D eigenvalue weighted by molar-refractivity contribution is 9.10. The first-order valence-corrected chi connectivity index (χ1v) is 6.71. The highest BCUT2D eigenvalue weighted by Crippen LogP contribution is 2.24. The third kappa shape index (κ3) is 2.78. The van der Waals surface area contributed by atoms with Crippen LogP contribution in [0.1, 0.15) is 23.0 Å². The first-order chi connectivity index (χ1) is 9.02. The van der Waals surface area contributed by atoms with Crippen LogP contribution in [0.25, 0.3) is 0 Å². The largest absolute Gasteiger partial charge is 0.396 e. The molecule has 1 heterocycles. The van der Waals surface area contributed by atoms with Gasteiger partial charge in [-0.1, -0.05) is 6.07 Å². The van der Waals surface area contributed by atoms with Gasteiger partial charge in [0.1, 0.15) is 5.69 Å². The number of carbonyl (C=O) groups is 1. The molecule has 1 aromatic heterocycles. The number of halogens is 1. The number of hydrogen-bond acceptors (Lipinski definition) is 3. The fourth-order valence-corrected chi connectivity index (χ4v) is 2.15. The molecule has 0 aliphatic carbocycles. The minimum absolute atomic E-state index is 0.261. The Kier molecular flexibility index (Phi) is 3.90. The lowest BCUT2D eigenvalue weighted by atomic mass is 10.2. The average molecular weight is 323 g/mol. The van der Waals surface area contributed by atoms with E-state index < -0.39 is 0 Å². The van der Waals surface area contributed by atoms with E-state index in [0.29, 0.717) is 23.6 Å². The Balaban J connectivity index is 2.30. The molecule has 0 aliphatic heterocycles. The molecular weight excluding hydrogens is 308 g/mol. The average Bonchev–Trinajstić information content (AvgIpc) is 2.75. The number of rotatable bonds is 3. The second-order valence-corrected chi connectivity index (χ2v) is 5.06. The molecule has 0 saturated heterocycles. The summed E-state index contributed by atoms with van der Waals surface area (Å²) in [4.78, 5) is 12.3. The van der Waals surface area contributed by atoms with Crippen LogP contribution in [0.4, 0.5) is 11.4 Å². The summed E-state index contributed by atoms with van der Waals surface area (Å²) in [6.07, 6.45) is 1.49. The minimum Gasteiger partial charge on any atom is -0.396 e. The molecule has 0 saturated carbocycles. The molecule has 0 atom stereocenters. The van der Waals surface area contributed by atoms with Crippen molar-refractivity contribution in [3.05, 3.63) is 40.1 Å². The number of carbonyl (C=O) groups excluding carboxylic acids is 1. The molecule has 0 spiro atoms. The van der Waals surface area contributed by atoms with Gasteiger partial charge in [-0.2, -0.15) is 5.10 Å². The molecule has 1 aromatic carbocycles. The number of nitrogens with zero attached hydrogens (tertiary/aromatic N) is 2. The molecule has 0 radical (unpaired) electrons. The van der Waals surface area contributed by atoms with Gasteiger partial charge in [-0.15, -0.1) is 0 Å². The standard InChI is InChI=1S/C13H15BrN4O/c1-3-18-12(10(15)7-16-18)13(19)17-11-6-8(2)4-5-9(11)14/h4-7H,3,15H2,1-2H3,(H,17,19). The molecule has 2 aromatic rings. The molecule has 0 fully saturated rings. The summed E-state index contributed by atoms with van der Waals surface area (Å²) in [6, 6.07) is 5.75. The van der Waals surface area contributed by atoms with Crippen LogP contribution in [-0.4, -0.2) is 15.7 Å². The number of anilines is 2. The van der Waals surface area contributed by atoms with E-state index >= 15 is 0 Å². The van der Waals surface area contributed by atoms with E-state index in [9.17, 15) is 4.79 Å². The summed E-state index contributed by atoms with van der Waals surface area (Å²) < 4.78 is 2.40. The van der Waals surface area contributed by atoms with Gasteiger partial charge in [-0.05, 0) is 47.5 Å². The van der Waals surface area contributed by atoms with E-state index in [0.717, 1.165) is 10.0 Å². The van der Waals surface area contributed by atoms with Crippen molar-refractivity contribution >= 4 is 33.2 Å². The van der Waals surface area contributed by atoms with Gasteiger partial charge in [0.2, 0.25) is 0 Å². The summed E-state index contributed by atoms with van der Waals surface area (Å²) in [6.45, 7) is 4.47. The van der Waals surface area contributed by atoms with Crippen LogP contribution in [0.15, 0.2) is 28.9 Å². The number of hydrogen-bond donors (Lipinski definition) is 2. The molecule has 0 unspecified atom stereocenters. The summed E-state index contributed by atoms with van der Waals surface area (Å²) in [5.41, 5.74) is 8.33. The van der Waals surface area contributed by atoms with Crippen molar-refractivity contribution in [2.75, 3.05) is 11.1 Å². The quantitative estimate of drug-likeness (QED) is 0.912. The molecular formula is C13H15BrN4O. The molecule has 1 amide bonds. The second-order valence-electron chi connectivity index (χ2n) is 4.20. The lowest BCUT2D eigenvalue weighted by Crippen LogP contribution is -2.19. The zero-order valence-corrected chi connectivity index (χ0v) is 12.4. The van der Waals surface area contributed by atoms with Crippen molar-refractivity contribution in [2.24, 2.45) is 0 Å². The maximum Gasteiger partial charge on any atom is 0.276 e. The first kappa shape index (κ1) is 13.6. The molecule has 2 rings (SSSR count). The molecule has 3 N–H and O–H groups in total.